The summed E-state index contributed by atoms with van der Waals surface area (Å²) in [7, 11) is 0. The van der Waals surface area contributed by atoms with Crippen LogP contribution in [0.1, 0.15) is 39.2 Å². The second kappa shape index (κ2) is 17.3. The zero-order chi connectivity index (χ0) is 40.0. The maximum atomic E-state index is 14.9. The highest BCUT2D eigenvalue weighted by Crippen LogP contribution is 2.38. The van der Waals surface area contributed by atoms with Crippen LogP contribution in [-0.4, -0.2) is 99.8 Å². The molecule has 302 valence electrons. The molecule has 5 heterocycles. The van der Waals surface area contributed by atoms with Crippen LogP contribution in [-0.2, 0) is 21.6 Å². The molecule has 5 aromatic rings. The molecule has 14 nitrogen and oxygen atoms in total. The third kappa shape index (κ3) is 8.87. The molecular formula is C41H48F2N8O6. The third-order valence-electron chi connectivity index (χ3n) is 10.4. The first kappa shape index (κ1) is 39.6. The predicted octanol–water partition coefficient (Wildman–Crippen LogP) is 6.04. The fourth-order valence-electron chi connectivity index (χ4n) is 7.74. The Balaban J connectivity index is 0.000000921. The molecule has 0 spiro atoms. The fourth-order valence-corrected chi connectivity index (χ4v) is 7.74. The van der Waals surface area contributed by atoms with Crippen LogP contribution in [0.25, 0.3) is 0 Å². The Hall–Kier alpha value is -5.58. The van der Waals surface area contributed by atoms with Crippen LogP contribution >= 0.6 is 0 Å². The minimum absolute atomic E-state index is 0.0248. The van der Waals surface area contributed by atoms with E-state index in [2.05, 4.69) is 29.3 Å². The predicted molar refractivity (Wildman–Crippen MR) is 208 cm³/mol. The molecule has 0 saturated carbocycles. The fraction of sp³-hybridized carbons (Fsp3) is 0.415. The first-order chi connectivity index (χ1) is 27.6. The first-order valence-corrected chi connectivity index (χ1v) is 19.1. The number of rotatable bonds is 12. The highest BCUT2D eigenvalue weighted by atomic mass is 19.1. The van der Waals surface area contributed by atoms with Gasteiger partial charge in [-0.3, -0.25) is 9.80 Å². The minimum atomic E-state index is -1.24. The molecule has 2 aromatic heterocycles. The van der Waals surface area contributed by atoms with Gasteiger partial charge in [0.15, 0.2) is 18.4 Å². The van der Waals surface area contributed by atoms with Gasteiger partial charge in [-0.25, -0.2) is 28.2 Å². The number of carbonyl (C=O) groups is 1. The number of amides is 2. The van der Waals surface area contributed by atoms with Gasteiger partial charge in [-0.2, -0.15) is 5.10 Å². The summed E-state index contributed by atoms with van der Waals surface area (Å²) in [5.41, 5.74) is 0.719. The average Bonchev–Trinajstić information content (AvgIpc) is 4.05. The average molecular weight is 787 g/mol. The van der Waals surface area contributed by atoms with Gasteiger partial charge in [-0.1, -0.05) is 19.4 Å². The lowest BCUT2D eigenvalue weighted by Crippen LogP contribution is -2.50. The molecule has 0 bridgehead atoms. The molecule has 2 amide bonds. The van der Waals surface area contributed by atoms with Crippen LogP contribution in [0, 0.1) is 11.6 Å². The van der Waals surface area contributed by atoms with Crippen molar-refractivity contribution < 1.29 is 37.3 Å². The van der Waals surface area contributed by atoms with Gasteiger partial charge < -0.3 is 33.5 Å². The number of nitrogens with zero attached hydrogens (tertiary/aromatic N) is 8. The summed E-state index contributed by atoms with van der Waals surface area (Å²) in [6.45, 7) is 9.69. The van der Waals surface area contributed by atoms with Crippen molar-refractivity contribution in [3.63, 3.8) is 0 Å². The molecule has 1 N–H and O–H groups in total. The molecule has 57 heavy (non-hydrogen) atoms. The van der Waals surface area contributed by atoms with Crippen LogP contribution in [0.4, 0.5) is 30.6 Å². The third-order valence-corrected chi connectivity index (χ3v) is 10.4. The van der Waals surface area contributed by atoms with Crippen molar-refractivity contribution in [2.24, 2.45) is 0 Å². The number of β-amino-alcohol motifs (C(OH)–C–C–N with tert-alkyl or cyclic N) is 1. The molecule has 0 aliphatic carbocycles. The molecule has 3 saturated heterocycles. The van der Waals surface area contributed by atoms with Gasteiger partial charge in [-0.05, 0) is 74.9 Å². The summed E-state index contributed by atoms with van der Waals surface area (Å²) in [4.78, 5) is 28.7. The van der Waals surface area contributed by atoms with E-state index in [1.165, 1.54) is 42.1 Å². The van der Waals surface area contributed by atoms with E-state index in [1.54, 1.807) is 16.0 Å². The highest BCUT2D eigenvalue weighted by molar-refractivity contribution is 5.95. The lowest BCUT2D eigenvalue weighted by atomic mass is 9.94. The van der Waals surface area contributed by atoms with Crippen molar-refractivity contribution >= 4 is 23.1 Å². The highest BCUT2D eigenvalue weighted by Gasteiger charge is 2.49. The van der Waals surface area contributed by atoms with Crippen molar-refractivity contribution in [1.82, 2.24) is 24.6 Å². The van der Waals surface area contributed by atoms with E-state index < -0.39 is 29.3 Å². The van der Waals surface area contributed by atoms with Crippen molar-refractivity contribution in [3.05, 3.63) is 115 Å². The van der Waals surface area contributed by atoms with Crippen molar-refractivity contribution in [1.29, 1.82) is 0 Å². The first-order valence-electron chi connectivity index (χ1n) is 19.1. The molecule has 3 aromatic carbocycles. The molecule has 8 rings (SSSR count). The van der Waals surface area contributed by atoms with Crippen molar-refractivity contribution in [2.45, 2.75) is 63.8 Å². The van der Waals surface area contributed by atoms with Gasteiger partial charge in [0.25, 0.3) is 0 Å². The van der Waals surface area contributed by atoms with E-state index in [0.29, 0.717) is 12.2 Å². The van der Waals surface area contributed by atoms with E-state index in [0.717, 1.165) is 55.7 Å². The van der Waals surface area contributed by atoms with E-state index in [9.17, 15) is 18.7 Å². The molecular weight excluding hydrogens is 738 g/mol. The summed E-state index contributed by atoms with van der Waals surface area (Å²) in [5, 5.41) is 15.4. The second-order valence-corrected chi connectivity index (χ2v) is 14.6. The van der Waals surface area contributed by atoms with Gasteiger partial charge in [0, 0.05) is 60.9 Å². The minimum Gasteiger partial charge on any atom is -0.488 e. The van der Waals surface area contributed by atoms with Gasteiger partial charge >= 0.3 is 6.03 Å². The molecule has 1 unspecified atom stereocenters. The Labute approximate surface area is 330 Å². The van der Waals surface area contributed by atoms with Crippen LogP contribution in [0.3, 0.4) is 0 Å². The number of aliphatic hydroxyl groups is 1. The Kier molecular flexibility index (Phi) is 12.0. The van der Waals surface area contributed by atoms with Crippen LogP contribution < -0.4 is 19.4 Å². The summed E-state index contributed by atoms with van der Waals surface area (Å²) in [5.74, 6) is -0.766. The maximum Gasteiger partial charge on any atom is 0.327 e. The topological polar surface area (TPSA) is 135 Å². The number of hydrogen-bond donors (Lipinski definition) is 1. The molecule has 16 heteroatoms. The largest absolute Gasteiger partial charge is 0.488 e. The number of ether oxygens (including phenoxy) is 3. The standard InChI is InChI=1S/C38H45F2N7O5.C3H3NO/c1-4-15-38(49)23-46(36(48)47(38)27(2)3)31-8-6-29(7-9-31)43-16-18-44(19-17-43)30-10-12-32(13-11-30)50-21-35-51-24-37(52-35,22-45-26-41-25-42-45)33-14-5-28(39)20-34(33)40;1-2-5-3-4-1/h5-14,20,25-27,35,49H,4,15-19,21-24H2,1-3H3;1-3H/t35-,37+,38?;/m0./s1. The number of aromatic nitrogens is 4. The molecule has 3 aliphatic heterocycles. The van der Waals surface area contributed by atoms with Gasteiger partial charge in [0.1, 0.15) is 48.5 Å². The zero-order valence-corrected chi connectivity index (χ0v) is 32.3. The van der Waals surface area contributed by atoms with Gasteiger partial charge in [0.05, 0.1) is 25.9 Å². The van der Waals surface area contributed by atoms with E-state index in [-0.39, 0.29) is 43.9 Å². The lowest BCUT2D eigenvalue weighted by molar-refractivity contribution is -0.117. The summed E-state index contributed by atoms with van der Waals surface area (Å²) >= 11 is 0. The maximum absolute atomic E-state index is 14.9. The van der Waals surface area contributed by atoms with E-state index in [1.807, 2.05) is 69.3 Å². The Morgan fingerprint density at radius 1 is 0.947 bits per heavy atom. The monoisotopic (exact) mass is 786 g/mol. The normalized spacial score (nSPS) is 22.3. The summed E-state index contributed by atoms with van der Waals surface area (Å²) < 4.78 is 52.8. The van der Waals surface area contributed by atoms with Gasteiger partial charge in [0.2, 0.25) is 0 Å². The smallest absolute Gasteiger partial charge is 0.327 e. The number of benzene rings is 3. The SMILES string of the molecule is CCCC1(O)CN(c2ccc(N3CCN(c4ccc(OC[C@H]5OC[C@](Cn6cncn6)(c6ccc(F)cc6F)O5)cc4)CC3)cc2)C(=O)N1C(C)C.c1cocn1. The number of urea groups is 1. The quantitative estimate of drug-likeness (QED) is 0.159. The Morgan fingerprint density at radius 3 is 2.19 bits per heavy atom. The molecule has 3 atom stereocenters. The lowest BCUT2D eigenvalue weighted by Gasteiger charge is -2.37. The number of halogens is 2. The zero-order valence-electron chi connectivity index (χ0n) is 32.3. The molecule has 3 aliphatic rings. The molecule has 0 radical (unpaired) electrons. The van der Waals surface area contributed by atoms with E-state index >= 15 is 0 Å². The van der Waals surface area contributed by atoms with Crippen LogP contribution in [0.2, 0.25) is 0 Å². The Bertz CT molecular complexity index is 2010. The number of carbonyl (C=O) groups excluding carboxylic acids is 1. The van der Waals surface area contributed by atoms with Crippen LogP contribution in [0.15, 0.2) is 103 Å². The number of anilines is 3. The second-order valence-electron chi connectivity index (χ2n) is 14.6. The summed E-state index contributed by atoms with van der Waals surface area (Å²) in [6.07, 6.45) is 7.89. The van der Waals surface area contributed by atoms with Crippen molar-refractivity contribution in [3.8, 4) is 5.75 Å². The molecule has 3 fully saturated rings. The Morgan fingerprint density at radius 2 is 1.63 bits per heavy atom. The van der Waals surface area contributed by atoms with Crippen LogP contribution in [0.5, 0.6) is 5.75 Å². The van der Waals surface area contributed by atoms with E-state index in [4.69, 9.17) is 14.2 Å². The number of oxazole rings is 1. The number of hydrogen-bond acceptors (Lipinski definition) is 11. The number of piperazine rings is 1. The van der Waals surface area contributed by atoms with Crippen molar-refractivity contribution in [2.75, 3.05) is 60.6 Å². The summed E-state index contributed by atoms with van der Waals surface area (Å²) in [6, 6.07) is 19.0. The van der Waals surface area contributed by atoms with Gasteiger partial charge in [-0.15, -0.1) is 0 Å².